The van der Waals surface area contributed by atoms with Gasteiger partial charge in [-0.15, -0.1) is 13.2 Å². The number of nitrogens with one attached hydrogen (secondary N) is 1. The lowest BCUT2D eigenvalue weighted by atomic mass is 10.3. The van der Waals surface area contributed by atoms with E-state index >= 15 is 0 Å². The molecule has 4 nitrogen and oxygen atoms in total. The molecule has 21 heavy (non-hydrogen) atoms. The van der Waals surface area contributed by atoms with Crippen LogP contribution in [0.15, 0.2) is 34.9 Å². The zero-order valence-corrected chi connectivity index (χ0v) is 12.6. The Morgan fingerprint density at radius 2 is 2.00 bits per heavy atom. The Bertz CT molecular complexity index is 667. The van der Waals surface area contributed by atoms with Crippen LogP contribution in [0.25, 0.3) is 0 Å². The fourth-order valence-corrected chi connectivity index (χ4v) is 2.15. The number of ether oxygens (including phenoxy) is 1. The molecule has 2 aromatic rings. The fraction of sp³-hybridized carbons (Fsp3) is 0.0833. The fourth-order valence-electron chi connectivity index (χ4n) is 1.47. The van der Waals surface area contributed by atoms with Crippen LogP contribution >= 0.6 is 27.5 Å². The molecule has 2 rings (SSSR count). The van der Waals surface area contributed by atoms with Gasteiger partial charge in [0.2, 0.25) is 0 Å². The van der Waals surface area contributed by atoms with E-state index in [2.05, 4.69) is 31.0 Å². The number of aromatic nitrogens is 1. The monoisotopic (exact) mass is 381 g/mol. The topological polar surface area (TPSA) is 60.2 Å². The molecule has 0 unspecified atom stereocenters. The van der Waals surface area contributed by atoms with Crippen LogP contribution < -0.4 is 15.8 Å². The molecule has 0 atom stereocenters. The number of nitrogens with two attached hydrogens (primary N) is 1. The maximum absolute atomic E-state index is 12.2. The van der Waals surface area contributed by atoms with Gasteiger partial charge in [-0.05, 0) is 40.2 Å². The van der Waals surface area contributed by atoms with E-state index in [9.17, 15) is 13.2 Å². The van der Waals surface area contributed by atoms with Crippen molar-refractivity contribution in [1.29, 1.82) is 0 Å². The van der Waals surface area contributed by atoms with E-state index in [1.54, 1.807) is 0 Å². The molecule has 9 heteroatoms. The Morgan fingerprint density at radius 3 is 2.57 bits per heavy atom. The second-order valence-corrected chi connectivity index (χ2v) is 5.18. The summed E-state index contributed by atoms with van der Waals surface area (Å²) in [6.45, 7) is 0. The van der Waals surface area contributed by atoms with Crippen molar-refractivity contribution in [3.8, 4) is 5.75 Å². The van der Waals surface area contributed by atoms with Gasteiger partial charge in [-0.2, -0.15) is 0 Å². The minimum Gasteiger partial charge on any atom is -0.405 e. The Labute approximate surface area is 131 Å². The van der Waals surface area contributed by atoms with Gasteiger partial charge in [0.05, 0.1) is 21.4 Å². The van der Waals surface area contributed by atoms with Crippen molar-refractivity contribution >= 4 is 44.7 Å². The summed E-state index contributed by atoms with van der Waals surface area (Å²) >= 11 is 8.95. The normalized spacial score (nSPS) is 11.3. The molecule has 112 valence electrons. The molecule has 1 aromatic carbocycles. The molecule has 1 heterocycles. The van der Waals surface area contributed by atoms with Gasteiger partial charge in [0.1, 0.15) is 11.6 Å². The van der Waals surface area contributed by atoms with Crippen LogP contribution in [0, 0.1) is 0 Å². The highest BCUT2D eigenvalue weighted by atomic mass is 79.9. The maximum Gasteiger partial charge on any atom is 0.573 e. The minimum atomic E-state index is -4.75. The summed E-state index contributed by atoms with van der Waals surface area (Å²) in [5.74, 6) is -0.00771. The average Bonchev–Trinajstić information content (AvgIpc) is 2.35. The first-order valence-electron chi connectivity index (χ1n) is 5.48. The van der Waals surface area contributed by atoms with Gasteiger partial charge >= 0.3 is 6.36 Å². The molecule has 0 aliphatic heterocycles. The van der Waals surface area contributed by atoms with Crippen molar-refractivity contribution in [2.75, 3.05) is 11.1 Å². The Hall–Kier alpha value is -1.67. The van der Waals surface area contributed by atoms with E-state index in [0.717, 1.165) is 0 Å². The van der Waals surface area contributed by atoms with E-state index in [4.69, 9.17) is 17.3 Å². The van der Waals surface area contributed by atoms with Crippen molar-refractivity contribution in [3.05, 3.63) is 40.0 Å². The van der Waals surface area contributed by atoms with Crippen LogP contribution in [0.3, 0.4) is 0 Å². The first-order valence-corrected chi connectivity index (χ1v) is 6.65. The van der Waals surface area contributed by atoms with E-state index in [1.807, 2.05) is 0 Å². The number of benzene rings is 1. The van der Waals surface area contributed by atoms with E-state index in [1.165, 1.54) is 30.5 Å². The predicted molar refractivity (Wildman–Crippen MR) is 77.8 cm³/mol. The van der Waals surface area contributed by atoms with Crippen molar-refractivity contribution in [2.24, 2.45) is 0 Å². The summed E-state index contributed by atoms with van der Waals surface area (Å²) in [5.41, 5.74) is 6.40. The summed E-state index contributed by atoms with van der Waals surface area (Å²) in [7, 11) is 0. The van der Waals surface area contributed by atoms with Gasteiger partial charge in [0.15, 0.2) is 0 Å². The van der Waals surface area contributed by atoms with Crippen LogP contribution in [0.5, 0.6) is 5.75 Å². The van der Waals surface area contributed by atoms with Gasteiger partial charge in [0.25, 0.3) is 0 Å². The lowest BCUT2D eigenvalue weighted by molar-refractivity contribution is -0.274. The first kappa shape index (κ1) is 15.7. The van der Waals surface area contributed by atoms with Gasteiger partial charge < -0.3 is 15.8 Å². The predicted octanol–water partition coefficient (Wildman–Crippen LogP) is 4.72. The Morgan fingerprint density at radius 1 is 1.29 bits per heavy atom. The third-order valence-electron chi connectivity index (χ3n) is 2.28. The molecule has 0 aliphatic carbocycles. The molecule has 3 N–H and O–H groups in total. The highest BCUT2D eigenvalue weighted by Gasteiger charge is 2.31. The average molecular weight is 383 g/mol. The molecule has 0 spiro atoms. The summed E-state index contributed by atoms with van der Waals surface area (Å²) < 4.78 is 40.5. The number of nitrogen functional groups attached to an aromatic ring is 1. The SMILES string of the molecule is Nc1cnc(Nc2ccc(OC(F)(F)F)c(Br)c2)c(Cl)c1. The number of anilines is 3. The van der Waals surface area contributed by atoms with Crippen molar-refractivity contribution < 1.29 is 17.9 Å². The number of rotatable bonds is 3. The van der Waals surface area contributed by atoms with E-state index < -0.39 is 6.36 Å². The van der Waals surface area contributed by atoms with Crippen LogP contribution in [-0.4, -0.2) is 11.3 Å². The third kappa shape index (κ3) is 4.40. The van der Waals surface area contributed by atoms with Gasteiger partial charge in [-0.3, -0.25) is 0 Å². The molecular weight excluding hydrogens is 375 g/mol. The number of pyridine rings is 1. The molecule has 0 amide bonds. The molecule has 0 bridgehead atoms. The van der Waals surface area contributed by atoms with E-state index in [-0.39, 0.29) is 10.2 Å². The van der Waals surface area contributed by atoms with E-state index in [0.29, 0.717) is 22.2 Å². The van der Waals surface area contributed by atoms with Crippen molar-refractivity contribution in [3.63, 3.8) is 0 Å². The number of halogens is 5. The number of alkyl halides is 3. The zero-order valence-electron chi connectivity index (χ0n) is 10.2. The largest absolute Gasteiger partial charge is 0.573 e. The van der Waals surface area contributed by atoms with Crippen molar-refractivity contribution in [1.82, 2.24) is 4.98 Å². The Balaban J connectivity index is 2.20. The van der Waals surface area contributed by atoms with Crippen molar-refractivity contribution in [2.45, 2.75) is 6.36 Å². The maximum atomic E-state index is 12.2. The summed E-state index contributed by atoms with van der Waals surface area (Å²) in [6, 6.07) is 5.49. The second kappa shape index (κ2) is 5.98. The third-order valence-corrected chi connectivity index (χ3v) is 3.19. The van der Waals surface area contributed by atoms with Gasteiger partial charge in [-0.25, -0.2) is 4.98 Å². The summed E-state index contributed by atoms with van der Waals surface area (Å²) in [4.78, 5) is 3.99. The van der Waals surface area contributed by atoms with Crippen LogP contribution in [0.2, 0.25) is 5.02 Å². The lowest BCUT2D eigenvalue weighted by Gasteiger charge is -2.12. The van der Waals surface area contributed by atoms with Crippen LogP contribution in [0.4, 0.5) is 30.4 Å². The van der Waals surface area contributed by atoms with Gasteiger partial charge in [-0.1, -0.05) is 11.6 Å². The molecule has 1 aromatic heterocycles. The highest BCUT2D eigenvalue weighted by molar-refractivity contribution is 9.10. The molecule has 0 aliphatic rings. The molecule has 0 fully saturated rings. The van der Waals surface area contributed by atoms with Crippen LogP contribution in [-0.2, 0) is 0 Å². The quantitative estimate of drug-likeness (QED) is 0.806. The standard InChI is InChI=1S/C12H8BrClF3N3O/c13-8-4-7(1-2-10(8)21-12(15,16)17)20-11-9(14)3-6(18)5-19-11/h1-5H,18H2,(H,19,20). The number of nitrogens with zero attached hydrogens (tertiary/aromatic N) is 1. The number of hydrogen-bond acceptors (Lipinski definition) is 4. The first-order chi connectivity index (χ1) is 9.74. The molecule has 0 saturated heterocycles. The summed E-state index contributed by atoms with van der Waals surface area (Å²) in [5, 5.41) is 3.16. The zero-order chi connectivity index (χ0) is 15.6. The Kier molecular flexibility index (Phi) is 4.48. The molecule has 0 saturated carbocycles. The molecular formula is C12H8BrClF3N3O. The van der Waals surface area contributed by atoms with Gasteiger partial charge in [0, 0.05) is 5.69 Å². The highest BCUT2D eigenvalue weighted by Crippen LogP contribution is 2.34. The lowest BCUT2D eigenvalue weighted by Crippen LogP contribution is -2.17. The summed E-state index contributed by atoms with van der Waals surface area (Å²) in [6.07, 6.45) is -3.34. The number of hydrogen-bond donors (Lipinski definition) is 2. The molecule has 0 radical (unpaired) electrons. The smallest absolute Gasteiger partial charge is 0.405 e. The van der Waals surface area contributed by atoms with Crippen LogP contribution in [0.1, 0.15) is 0 Å². The second-order valence-electron chi connectivity index (χ2n) is 3.92. The minimum absolute atomic E-state index is 0.136.